The summed E-state index contributed by atoms with van der Waals surface area (Å²) in [6.45, 7) is 1.54. The SMILES string of the molecule is COc1c(C)c2c(c(O)c1O)C(=O)OC2O. The third-order valence-corrected chi connectivity index (χ3v) is 2.56. The second kappa shape index (κ2) is 3.28. The number of methoxy groups -OCH3 is 1. The van der Waals surface area contributed by atoms with E-state index in [1.165, 1.54) is 7.11 Å². The van der Waals surface area contributed by atoms with Gasteiger partial charge in [0.1, 0.15) is 5.56 Å². The summed E-state index contributed by atoms with van der Waals surface area (Å²) in [5.41, 5.74) is 0.256. The third-order valence-electron chi connectivity index (χ3n) is 2.56. The highest BCUT2D eigenvalue weighted by atomic mass is 16.6. The fourth-order valence-electron chi connectivity index (χ4n) is 1.83. The molecule has 86 valence electrons. The Morgan fingerprint density at radius 1 is 1.31 bits per heavy atom. The number of carbonyl (C=O) groups excluding carboxylic acids is 1. The number of phenolic OH excluding ortho intramolecular Hbond substituents is 2. The first-order valence-corrected chi connectivity index (χ1v) is 4.50. The van der Waals surface area contributed by atoms with Gasteiger partial charge in [-0.2, -0.15) is 0 Å². The van der Waals surface area contributed by atoms with Crippen molar-refractivity contribution in [3.63, 3.8) is 0 Å². The van der Waals surface area contributed by atoms with E-state index < -0.39 is 23.8 Å². The van der Waals surface area contributed by atoms with E-state index in [4.69, 9.17) is 4.74 Å². The number of hydrogen-bond donors (Lipinski definition) is 3. The van der Waals surface area contributed by atoms with Crippen LogP contribution in [0, 0.1) is 6.92 Å². The van der Waals surface area contributed by atoms with Crippen molar-refractivity contribution in [1.82, 2.24) is 0 Å². The first-order chi connectivity index (χ1) is 7.49. The lowest BCUT2D eigenvalue weighted by molar-refractivity contribution is -0.0551. The Balaban J connectivity index is 2.83. The number of cyclic esters (lactones) is 1. The van der Waals surface area contributed by atoms with Crippen LogP contribution in [0.25, 0.3) is 0 Å². The molecule has 0 saturated carbocycles. The molecule has 1 aromatic carbocycles. The maximum atomic E-state index is 11.3. The Morgan fingerprint density at radius 3 is 2.50 bits per heavy atom. The summed E-state index contributed by atoms with van der Waals surface area (Å²) >= 11 is 0. The third kappa shape index (κ3) is 1.13. The minimum atomic E-state index is -1.44. The average Bonchev–Trinajstić information content (AvgIpc) is 2.52. The van der Waals surface area contributed by atoms with Crippen molar-refractivity contribution >= 4 is 5.97 Å². The Hall–Kier alpha value is -1.95. The van der Waals surface area contributed by atoms with E-state index in [0.717, 1.165) is 0 Å². The first-order valence-electron chi connectivity index (χ1n) is 4.50. The second-order valence-corrected chi connectivity index (χ2v) is 3.40. The largest absolute Gasteiger partial charge is 0.504 e. The lowest BCUT2D eigenvalue weighted by Gasteiger charge is -2.13. The molecule has 16 heavy (non-hydrogen) atoms. The summed E-state index contributed by atoms with van der Waals surface area (Å²) in [6, 6.07) is 0. The van der Waals surface area contributed by atoms with E-state index in [1.54, 1.807) is 6.92 Å². The standard InChI is InChI=1S/C10H10O6/c1-3-4-5(10(14)16-9(4)13)6(11)7(12)8(3)15-2/h9,11-13H,1-2H3. The molecule has 0 aliphatic carbocycles. The van der Waals surface area contributed by atoms with E-state index in [9.17, 15) is 20.1 Å². The Kier molecular flexibility index (Phi) is 2.16. The minimum Gasteiger partial charge on any atom is -0.504 e. The van der Waals surface area contributed by atoms with Crippen molar-refractivity contribution < 1.29 is 29.6 Å². The van der Waals surface area contributed by atoms with E-state index in [2.05, 4.69) is 4.74 Å². The second-order valence-electron chi connectivity index (χ2n) is 3.40. The van der Waals surface area contributed by atoms with Crippen LogP contribution in [0.5, 0.6) is 17.2 Å². The monoisotopic (exact) mass is 226 g/mol. The summed E-state index contributed by atoms with van der Waals surface area (Å²) in [7, 11) is 1.30. The molecule has 1 aliphatic heterocycles. The van der Waals surface area contributed by atoms with Crippen LogP contribution in [-0.2, 0) is 4.74 Å². The number of aliphatic hydroxyl groups is 1. The summed E-state index contributed by atoms with van der Waals surface area (Å²) in [4.78, 5) is 11.3. The molecule has 6 nitrogen and oxygen atoms in total. The van der Waals surface area contributed by atoms with Crippen molar-refractivity contribution in [2.24, 2.45) is 0 Å². The molecule has 0 spiro atoms. The highest BCUT2D eigenvalue weighted by Gasteiger charge is 2.38. The number of ether oxygens (including phenoxy) is 2. The van der Waals surface area contributed by atoms with E-state index >= 15 is 0 Å². The van der Waals surface area contributed by atoms with E-state index in [0.29, 0.717) is 5.56 Å². The van der Waals surface area contributed by atoms with Gasteiger partial charge in [-0.3, -0.25) is 0 Å². The smallest absolute Gasteiger partial charge is 0.345 e. The molecule has 0 amide bonds. The molecule has 0 aromatic heterocycles. The highest BCUT2D eigenvalue weighted by Crippen LogP contribution is 2.48. The minimum absolute atomic E-state index is 0.00796. The topological polar surface area (TPSA) is 96.2 Å². The summed E-state index contributed by atoms with van der Waals surface area (Å²) in [6.07, 6.45) is -1.44. The van der Waals surface area contributed by atoms with E-state index in [1.807, 2.05) is 0 Å². The van der Waals surface area contributed by atoms with Crippen LogP contribution in [-0.4, -0.2) is 28.4 Å². The molecule has 2 rings (SSSR count). The van der Waals surface area contributed by atoms with E-state index in [-0.39, 0.29) is 16.9 Å². The molecular weight excluding hydrogens is 216 g/mol. The van der Waals surface area contributed by atoms with Gasteiger partial charge in [0.05, 0.1) is 7.11 Å². The van der Waals surface area contributed by atoms with Crippen LogP contribution in [0.15, 0.2) is 0 Å². The predicted molar refractivity (Wildman–Crippen MR) is 51.4 cm³/mol. The number of esters is 1. The van der Waals surface area contributed by atoms with Gasteiger partial charge in [-0.1, -0.05) is 0 Å². The van der Waals surface area contributed by atoms with Gasteiger partial charge in [-0.25, -0.2) is 4.79 Å². The van der Waals surface area contributed by atoms with Gasteiger partial charge in [-0.05, 0) is 6.92 Å². The molecule has 1 atom stereocenters. The van der Waals surface area contributed by atoms with Gasteiger partial charge in [0, 0.05) is 11.1 Å². The fourth-order valence-corrected chi connectivity index (χ4v) is 1.83. The Labute approximate surface area is 90.7 Å². The van der Waals surface area contributed by atoms with Crippen molar-refractivity contribution in [3.05, 3.63) is 16.7 Å². The number of phenols is 2. The average molecular weight is 226 g/mol. The molecule has 6 heteroatoms. The lowest BCUT2D eigenvalue weighted by Crippen LogP contribution is -1.99. The molecule has 0 fully saturated rings. The van der Waals surface area contributed by atoms with Crippen LogP contribution in [0.2, 0.25) is 0 Å². The van der Waals surface area contributed by atoms with Crippen LogP contribution in [0.3, 0.4) is 0 Å². The van der Waals surface area contributed by atoms with Crippen molar-refractivity contribution in [1.29, 1.82) is 0 Å². The zero-order chi connectivity index (χ0) is 12.0. The maximum Gasteiger partial charge on any atom is 0.345 e. The predicted octanol–water partition coefficient (Wildman–Crippen LogP) is 0.576. The van der Waals surface area contributed by atoms with Crippen LogP contribution in [0.1, 0.15) is 27.8 Å². The molecule has 0 radical (unpaired) electrons. The number of benzene rings is 1. The van der Waals surface area contributed by atoms with Gasteiger partial charge >= 0.3 is 5.97 Å². The molecule has 1 aliphatic rings. The molecule has 3 N–H and O–H groups in total. The lowest BCUT2D eigenvalue weighted by atomic mass is 10.00. The summed E-state index contributed by atoms with van der Waals surface area (Å²) < 4.78 is 9.42. The number of aromatic hydroxyl groups is 2. The van der Waals surface area contributed by atoms with Gasteiger partial charge in [0.25, 0.3) is 0 Å². The van der Waals surface area contributed by atoms with Gasteiger partial charge < -0.3 is 24.8 Å². The maximum absolute atomic E-state index is 11.3. The molecule has 1 heterocycles. The van der Waals surface area contributed by atoms with Crippen molar-refractivity contribution in [3.8, 4) is 17.2 Å². The zero-order valence-corrected chi connectivity index (χ0v) is 8.64. The number of carbonyl (C=O) groups is 1. The number of hydrogen-bond acceptors (Lipinski definition) is 6. The van der Waals surface area contributed by atoms with Gasteiger partial charge in [0.2, 0.25) is 12.0 Å². The van der Waals surface area contributed by atoms with Gasteiger partial charge in [-0.15, -0.1) is 0 Å². The molecular formula is C10H10O6. The normalized spacial score (nSPS) is 18.2. The molecule has 0 bridgehead atoms. The molecule has 0 saturated heterocycles. The van der Waals surface area contributed by atoms with Crippen LogP contribution >= 0.6 is 0 Å². The number of rotatable bonds is 1. The van der Waals surface area contributed by atoms with Crippen LogP contribution in [0.4, 0.5) is 0 Å². The summed E-state index contributed by atoms with van der Waals surface area (Å²) in [5, 5.41) is 28.7. The number of fused-ring (bicyclic) bond motifs is 1. The van der Waals surface area contributed by atoms with Crippen LogP contribution < -0.4 is 4.74 Å². The zero-order valence-electron chi connectivity index (χ0n) is 8.64. The Morgan fingerprint density at radius 2 is 1.94 bits per heavy atom. The van der Waals surface area contributed by atoms with Crippen molar-refractivity contribution in [2.45, 2.75) is 13.2 Å². The molecule has 1 aromatic rings. The highest BCUT2D eigenvalue weighted by molar-refractivity contribution is 5.99. The molecule has 1 unspecified atom stereocenters. The Bertz CT molecular complexity index is 479. The fraction of sp³-hybridized carbons (Fsp3) is 0.300. The first kappa shape index (κ1) is 10.6. The summed E-state index contributed by atoms with van der Waals surface area (Å²) in [5.74, 6) is -2.04. The quantitative estimate of drug-likeness (QED) is 0.478. The van der Waals surface area contributed by atoms with Gasteiger partial charge in [0.15, 0.2) is 11.5 Å². The van der Waals surface area contributed by atoms with Crippen molar-refractivity contribution in [2.75, 3.05) is 7.11 Å². The number of aliphatic hydroxyl groups excluding tert-OH is 1.